The van der Waals surface area contributed by atoms with Crippen molar-refractivity contribution in [1.29, 1.82) is 0 Å². The van der Waals surface area contributed by atoms with Crippen molar-refractivity contribution in [3.05, 3.63) is 34.3 Å². The first-order valence-corrected chi connectivity index (χ1v) is 5.70. The van der Waals surface area contributed by atoms with E-state index in [4.69, 9.17) is 16.7 Å². The van der Waals surface area contributed by atoms with Crippen molar-refractivity contribution < 1.29 is 5.11 Å². The highest BCUT2D eigenvalue weighted by atomic mass is 35.5. The SMILES string of the molecule is CC1CN(CCO)Cc2ccc(Cl)cc21.Cl. The van der Waals surface area contributed by atoms with Crippen molar-refractivity contribution in [3.8, 4) is 0 Å². The highest BCUT2D eigenvalue weighted by molar-refractivity contribution is 6.30. The number of β-amino-alcohol motifs (C(OH)–C–C–N with tert-alkyl or cyclic N) is 1. The summed E-state index contributed by atoms with van der Waals surface area (Å²) in [7, 11) is 0. The number of nitrogens with zero attached hydrogens (tertiary/aromatic N) is 1. The van der Waals surface area contributed by atoms with E-state index in [1.165, 1.54) is 11.1 Å². The van der Waals surface area contributed by atoms with E-state index in [0.29, 0.717) is 5.92 Å². The molecule has 0 saturated heterocycles. The second-order valence-electron chi connectivity index (χ2n) is 4.20. The molecule has 2 nitrogen and oxygen atoms in total. The number of benzene rings is 1. The van der Waals surface area contributed by atoms with E-state index in [9.17, 15) is 0 Å². The van der Waals surface area contributed by atoms with Crippen LogP contribution in [-0.4, -0.2) is 29.7 Å². The lowest BCUT2D eigenvalue weighted by Crippen LogP contribution is -2.34. The molecule has 0 fully saturated rings. The van der Waals surface area contributed by atoms with Gasteiger partial charge in [-0.1, -0.05) is 24.6 Å². The van der Waals surface area contributed by atoms with Crippen molar-refractivity contribution in [1.82, 2.24) is 4.90 Å². The third-order valence-electron chi connectivity index (χ3n) is 2.98. The van der Waals surface area contributed by atoms with E-state index < -0.39 is 0 Å². The Labute approximate surface area is 108 Å². The van der Waals surface area contributed by atoms with Crippen molar-refractivity contribution >= 4 is 24.0 Å². The predicted octanol–water partition coefficient (Wildman–Crippen LogP) is 2.67. The van der Waals surface area contributed by atoms with E-state index in [-0.39, 0.29) is 19.0 Å². The molecule has 4 heteroatoms. The molecule has 1 aliphatic heterocycles. The van der Waals surface area contributed by atoms with Gasteiger partial charge in [-0.05, 0) is 29.2 Å². The van der Waals surface area contributed by atoms with Crippen LogP contribution in [0.2, 0.25) is 5.02 Å². The Hall–Kier alpha value is -0.280. The molecule has 0 aromatic heterocycles. The van der Waals surface area contributed by atoms with Crippen LogP contribution >= 0.6 is 24.0 Å². The molecule has 0 amide bonds. The van der Waals surface area contributed by atoms with Crippen molar-refractivity contribution in [2.75, 3.05) is 19.7 Å². The highest BCUT2D eigenvalue weighted by Crippen LogP contribution is 2.29. The fourth-order valence-electron chi connectivity index (χ4n) is 2.27. The summed E-state index contributed by atoms with van der Waals surface area (Å²) in [5, 5.41) is 9.75. The van der Waals surface area contributed by atoms with Gasteiger partial charge in [0.15, 0.2) is 0 Å². The first-order chi connectivity index (χ1) is 7.20. The highest BCUT2D eigenvalue weighted by Gasteiger charge is 2.21. The Morgan fingerprint density at radius 3 is 2.94 bits per heavy atom. The summed E-state index contributed by atoms with van der Waals surface area (Å²) < 4.78 is 0. The van der Waals surface area contributed by atoms with Crippen LogP contribution in [0, 0.1) is 0 Å². The molecule has 1 N–H and O–H groups in total. The molecule has 0 spiro atoms. The molecule has 16 heavy (non-hydrogen) atoms. The summed E-state index contributed by atoms with van der Waals surface area (Å²) >= 11 is 5.99. The van der Waals surface area contributed by atoms with E-state index in [0.717, 1.165) is 24.7 Å². The maximum atomic E-state index is 8.93. The lowest BCUT2D eigenvalue weighted by molar-refractivity contribution is 0.175. The van der Waals surface area contributed by atoms with E-state index in [2.05, 4.69) is 24.0 Å². The number of rotatable bonds is 2. The molecule has 1 aromatic carbocycles. The van der Waals surface area contributed by atoms with Crippen LogP contribution in [0.5, 0.6) is 0 Å². The maximum absolute atomic E-state index is 8.93. The maximum Gasteiger partial charge on any atom is 0.0558 e. The number of hydrogen-bond acceptors (Lipinski definition) is 2. The molecule has 1 atom stereocenters. The number of hydrogen-bond donors (Lipinski definition) is 1. The van der Waals surface area contributed by atoms with Crippen molar-refractivity contribution in [3.63, 3.8) is 0 Å². The van der Waals surface area contributed by atoms with Gasteiger partial charge in [0.1, 0.15) is 0 Å². The monoisotopic (exact) mass is 261 g/mol. The lowest BCUT2D eigenvalue weighted by Gasteiger charge is -2.32. The molecule has 1 unspecified atom stereocenters. The fraction of sp³-hybridized carbons (Fsp3) is 0.500. The molecule has 2 rings (SSSR count). The van der Waals surface area contributed by atoms with Gasteiger partial charge in [-0.3, -0.25) is 4.90 Å². The third kappa shape index (κ3) is 2.89. The minimum Gasteiger partial charge on any atom is -0.395 e. The number of fused-ring (bicyclic) bond motifs is 1. The Balaban J connectivity index is 0.00000128. The van der Waals surface area contributed by atoms with E-state index in [1.54, 1.807) is 0 Å². The van der Waals surface area contributed by atoms with Gasteiger partial charge in [0.05, 0.1) is 6.61 Å². The van der Waals surface area contributed by atoms with E-state index in [1.807, 2.05) is 6.07 Å². The van der Waals surface area contributed by atoms with Gasteiger partial charge in [-0.15, -0.1) is 12.4 Å². The van der Waals surface area contributed by atoms with Gasteiger partial charge in [0, 0.05) is 24.7 Å². The van der Waals surface area contributed by atoms with Gasteiger partial charge >= 0.3 is 0 Å². The van der Waals surface area contributed by atoms with Crippen LogP contribution in [0.15, 0.2) is 18.2 Å². The normalized spacial score (nSPS) is 20.1. The molecular weight excluding hydrogens is 245 g/mol. The van der Waals surface area contributed by atoms with Crippen molar-refractivity contribution in [2.24, 2.45) is 0 Å². The van der Waals surface area contributed by atoms with Crippen molar-refractivity contribution in [2.45, 2.75) is 19.4 Å². The van der Waals surface area contributed by atoms with Gasteiger partial charge in [0.25, 0.3) is 0 Å². The van der Waals surface area contributed by atoms with Crippen LogP contribution in [-0.2, 0) is 6.54 Å². The molecule has 1 heterocycles. The Morgan fingerprint density at radius 1 is 1.50 bits per heavy atom. The quantitative estimate of drug-likeness (QED) is 0.885. The van der Waals surface area contributed by atoms with Crippen LogP contribution in [0.3, 0.4) is 0 Å². The average molecular weight is 262 g/mol. The summed E-state index contributed by atoms with van der Waals surface area (Å²) in [6.45, 7) is 5.13. The topological polar surface area (TPSA) is 23.5 Å². The summed E-state index contributed by atoms with van der Waals surface area (Å²) in [6, 6.07) is 6.10. The zero-order valence-electron chi connectivity index (χ0n) is 9.32. The standard InChI is InChI=1S/C12H16ClNO.ClH/c1-9-7-14(4-5-15)8-10-2-3-11(13)6-12(9)10;/h2-3,6,9,15H,4-5,7-8H2,1H3;1H. The van der Waals surface area contributed by atoms with Gasteiger partial charge < -0.3 is 5.11 Å². The number of halogens is 2. The molecule has 1 aliphatic rings. The molecule has 0 radical (unpaired) electrons. The third-order valence-corrected chi connectivity index (χ3v) is 3.22. The Kier molecular flexibility index (Phi) is 5.06. The summed E-state index contributed by atoms with van der Waals surface area (Å²) in [5.41, 5.74) is 2.70. The smallest absolute Gasteiger partial charge is 0.0558 e. The Morgan fingerprint density at radius 2 is 2.25 bits per heavy atom. The van der Waals surface area contributed by atoms with Gasteiger partial charge in [-0.25, -0.2) is 0 Å². The zero-order valence-corrected chi connectivity index (χ0v) is 10.9. The zero-order chi connectivity index (χ0) is 10.8. The average Bonchev–Trinajstić information content (AvgIpc) is 2.20. The second kappa shape index (κ2) is 5.87. The second-order valence-corrected chi connectivity index (χ2v) is 4.64. The van der Waals surface area contributed by atoms with Crippen LogP contribution < -0.4 is 0 Å². The summed E-state index contributed by atoms with van der Waals surface area (Å²) in [4.78, 5) is 2.28. The van der Waals surface area contributed by atoms with Crippen LogP contribution in [0.1, 0.15) is 24.0 Å². The largest absolute Gasteiger partial charge is 0.395 e. The molecule has 0 saturated carbocycles. The Bertz CT molecular complexity index is 357. The summed E-state index contributed by atoms with van der Waals surface area (Å²) in [5.74, 6) is 0.499. The lowest BCUT2D eigenvalue weighted by atomic mass is 9.91. The molecule has 90 valence electrons. The first-order valence-electron chi connectivity index (χ1n) is 5.32. The molecule has 1 aromatic rings. The molecule has 0 aliphatic carbocycles. The first kappa shape index (κ1) is 13.8. The predicted molar refractivity (Wildman–Crippen MR) is 69.5 cm³/mol. The minimum atomic E-state index is 0. The van der Waals surface area contributed by atoms with Gasteiger partial charge in [-0.2, -0.15) is 0 Å². The van der Waals surface area contributed by atoms with Crippen LogP contribution in [0.25, 0.3) is 0 Å². The number of aliphatic hydroxyl groups excluding tert-OH is 1. The minimum absolute atomic E-state index is 0. The van der Waals surface area contributed by atoms with Gasteiger partial charge in [0.2, 0.25) is 0 Å². The molecule has 0 bridgehead atoms. The fourth-order valence-corrected chi connectivity index (χ4v) is 2.45. The number of aliphatic hydroxyl groups is 1. The van der Waals surface area contributed by atoms with E-state index >= 15 is 0 Å². The van der Waals surface area contributed by atoms with Crippen LogP contribution in [0.4, 0.5) is 0 Å². The molecular formula is C12H17Cl2NO. The summed E-state index contributed by atoms with van der Waals surface area (Å²) in [6.07, 6.45) is 0.